The number of fused-ring (bicyclic) bond motifs is 1. The third kappa shape index (κ3) is 3.07. The molecule has 1 amide bonds. The number of nitrogens with one attached hydrogen (secondary N) is 1. The largest absolute Gasteiger partial charge is 0.474 e. The van der Waals surface area contributed by atoms with E-state index in [1.165, 1.54) is 6.20 Å². The van der Waals surface area contributed by atoms with E-state index in [1.807, 2.05) is 20.8 Å². The van der Waals surface area contributed by atoms with E-state index in [0.717, 1.165) is 6.42 Å². The van der Waals surface area contributed by atoms with Gasteiger partial charge in [0.1, 0.15) is 12.3 Å². The molecule has 2 rings (SSSR count). The highest BCUT2D eigenvalue weighted by Crippen LogP contribution is 2.33. The van der Waals surface area contributed by atoms with Crippen molar-refractivity contribution in [1.29, 1.82) is 0 Å². The van der Waals surface area contributed by atoms with E-state index < -0.39 is 0 Å². The predicted molar refractivity (Wildman–Crippen MR) is 76.5 cm³/mol. The summed E-state index contributed by atoms with van der Waals surface area (Å²) in [5.74, 6) is 0.214. The van der Waals surface area contributed by atoms with Gasteiger partial charge >= 0.3 is 0 Å². The molecule has 1 aliphatic rings. The number of ether oxygens (including phenoxy) is 1. The van der Waals surface area contributed by atoms with Crippen LogP contribution in [0.15, 0.2) is 12.3 Å². The number of hydrogen-bond acceptors (Lipinski definition) is 4. The van der Waals surface area contributed by atoms with Gasteiger partial charge in [-0.2, -0.15) is 0 Å². The zero-order chi connectivity index (χ0) is 14.8. The molecule has 7 heteroatoms. The highest BCUT2D eigenvalue weighted by molar-refractivity contribution is 7.26. The number of rotatable bonds is 4. The summed E-state index contributed by atoms with van der Waals surface area (Å²) >= 11 is 0. The maximum Gasteiger partial charge on any atom is 0.282 e. The van der Waals surface area contributed by atoms with Crippen molar-refractivity contribution >= 4 is 20.2 Å². The second-order valence-corrected chi connectivity index (χ2v) is 5.94. The van der Waals surface area contributed by atoms with Crippen molar-refractivity contribution in [3.63, 3.8) is 0 Å². The summed E-state index contributed by atoms with van der Waals surface area (Å²) in [7, 11) is -0.128. The first-order valence-corrected chi connectivity index (χ1v) is 7.29. The molecule has 0 radical (unpaired) electrons. The van der Waals surface area contributed by atoms with Gasteiger partial charge in [0.2, 0.25) is 5.88 Å². The van der Waals surface area contributed by atoms with Crippen LogP contribution in [0.2, 0.25) is 0 Å². The Morgan fingerprint density at radius 3 is 3.00 bits per heavy atom. The zero-order valence-corrected chi connectivity index (χ0v) is 12.7. The van der Waals surface area contributed by atoms with Crippen molar-refractivity contribution in [2.75, 3.05) is 17.8 Å². The third-order valence-electron chi connectivity index (χ3n) is 3.35. The molecule has 0 saturated heterocycles. The van der Waals surface area contributed by atoms with Crippen LogP contribution in [0.4, 0.5) is 5.69 Å². The number of carbonyl (C=O) groups excluding carboxylic acids is 1. The first-order valence-electron chi connectivity index (χ1n) is 6.53. The molecule has 0 unspecified atom stereocenters. The van der Waals surface area contributed by atoms with Crippen molar-refractivity contribution in [3.05, 3.63) is 17.8 Å². The monoisotopic (exact) mass is 295 g/mol. The second-order valence-electron chi connectivity index (χ2n) is 5.29. The summed E-state index contributed by atoms with van der Waals surface area (Å²) in [6.45, 7) is 6.87. The maximum atomic E-state index is 12.2. The number of aromatic nitrogens is 1. The number of hydrogen-bond donors (Lipinski definition) is 1. The zero-order valence-electron chi connectivity index (χ0n) is 11.8. The van der Waals surface area contributed by atoms with Crippen molar-refractivity contribution in [3.8, 4) is 5.88 Å². The Balaban J connectivity index is 2.26. The average molecular weight is 295 g/mol. The highest BCUT2D eigenvalue weighted by atomic mass is 31.1. The Kier molecular flexibility index (Phi) is 4.23. The molecule has 0 aliphatic carbocycles. The Labute approximate surface area is 119 Å². The van der Waals surface area contributed by atoms with Gasteiger partial charge in [-0.05, 0) is 26.3 Å². The van der Waals surface area contributed by atoms with Gasteiger partial charge in [-0.25, -0.2) is 9.55 Å². The Morgan fingerprint density at radius 2 is 2.35 bits per heavy atom. The Bertz CT molecular complexity index is 534. The van der Waals surface area contributed by atoms with Crippen LogP contribution in [-0.4, -0.2) is 29.6 Å². The molecular weight excluding hydrogens is 277 g/mol. The fourth-order valence-corrected chi connectivity index (χ4v) is 2.16. The first-order chi connectivity index (χ1) is 9.46. The molecular formula is C13H18N3O3P. The summed E-state index contributed by atoms with van der Waals surface area (Å²) in [4.78, 5) is 16.3. The van der Waals surface area contributed by atoms with E-state index in [9.17, 15) is 9.36 Å². The van der Waals surface area contributed by atoms with Gasteiger partial charge < -0.3 is 10.1 Å². The van der Waals surface area contributed by atoms with E-state index >= 15 is 0 Å². The maximum absolute atomic E-state index is 12.2. The van der Waals surface area contributed by atoms with Gasteiger partial charge in [0.15, 0.2) is 0 Å². The minimum absolute atomic E-state index is 0.128. The number of pyridine rings is 1. The standard InChI is InChI=1S/C13H18N3O3P/c1-4-13(2,3)15-11(17)9-7-10-12(14-8-9)19-6-5-16(10)20-18/h7-8H,4-6H2,1-3H3,(H,15,17). The summed E-state index contributed by atoms with van der Waals surface area (Å²) in [5.41, 5.74) is 0.735. The van der Waals surface area contributed by atoms with E-state index in [4.69, 9.17) is 4.74 Å². The van der Waals surface area contributed by atoms with Crippen LogP contribution in [-0.2, 0) is 4.57 Å². The fourth-order valence-electron chi connectivity index (χ4n) is 1.76. The molecule has 6 nitrogen and oxygen atoms in total. The Hall–Kier alpha value is -1.68. The molecule has 1 aromatic heterocycles. The SMILES string of the molecule is CCC(C)(C)NC(=O)c1cnc2c(c1)N(P=O)CCO2. The van der Waals surface area contributed by atoms with Crippen LogP contribution in [0.25, 0.3) is 0 Å². The molecule has 0 atom stereocenters. The molecule has 108 valence electrons. The van der Waals surface area contributed by atoms with Crippen LogP contribution in [0.5, 0.6) is 5.88 Å². The number of amides is 1. The number of nitrogens with zero attached hydrogens (tertiary/aromatic N) is 2. The molecule has 1 aliphatic heterocycles. The smallest absolute Gasteiger partial charge is 0.282 e. The minimum Gasteiger partial charge on any atom is -0.474 e. The molecule has 0 fully saturated rings. The van der Waals surface area contributed by atoms with Gasteiger partial charge in [0, 0.05) is 11.7 Å². The van der Waals surface area contributed by atoms with Crippen LogP contribution in [0, 0.1) is 0 Å². The highest BCUT2D eigenvalue weighted by Gasteiger charge is 2.24. The Morgan fingerprint density at radius 1 is 1.60 bits per heavy atom. The molecule has 0 saturated carbocycles. The molecule has 0 aromatic carbocycles. The lowest BCUT2D eigenvalue weighted by molar-refractivity contribution is 0.0911. The van der Waals surface area contributed by atoms with E-state index in [2.05, 4.69) is 10.3 Å². The molecule has 1 N–H and O–H groups in total. The molecule has 0 bridgehead atoms. The number of anilines is 1. The lowest BCUT2D eigenvalue weighted by Crippen LogP contribution is -2.42. The van der Waals surface area contributed by atoms with E-state index in [0.29, 0.717) is 30.3 Å². The van der Waals surface area contributed by atoms with Gasteiger partial charge in [-0.15, -0.1) is 0 Å². The van der Waals surface area contributed by atoms with Crippen molar-refractivity contribution in [2.24, 2.45) is 0 Å². The number of carbonyl (C=O) groups is 1. The van der Waals surface area contributed by atoms with Crippen LogP contribution in [0.1, 0.15) is 37.6 Å². The first kappa shape index (κ1) is 14.7. The van der Waals surface area contributed by atoms with Crippen LogP contribution >= 0.6 is 8.61 Å². The molecule has 20 heavy (non-hydrogen) atoms. The lowest BCUT2D eigenvalue weighted by atomic mass is 10.0. The summed E-state index contributed by atoms with van der Waals surface area (Å²) in [6.07, 6.45) is 2.30. The lowest BCUT2D eigenvalue weighted by Gasteiger charge is -2.26. The van der Waals surface area contributed by atoms with Gasteiger partial charge in [0.05, 0.1) is 12.1 Å². The van der Waals surface area contributed by atoms with Crippen LogP contribution < -0.4 is 14.7 Å². The third-order valence-corrected chi connectivity index (χ3v) is 3.96. The van der Waals surface area contributed by atoms with E-state index in [-0.39, 0.29) is 20.1 Å². The fraction of sp³-hybridized carbons (Fsp3) is 0.538. The summed E-state index contributed by atoms with van der Waals surface area (Å²) in [5, 5.41) is 2.94. The van der Waals surface area contributed by atoms with Crippen molar-refractivity contribution < 1.29 is 14.1 Å². The van der Waals surface area contributed by atoms with Gasteiger partial charge in [-0.3, -0.25) is 9.46 Å². The van der Waals surface area contributed by atoms with Crippen LogP contribution in [0.3, 0.4) is 0 Å². The normalized spacial score (nSPS) is 14.7. The second kappa shape index (κ2) is 5.75. The van der Waals surface area contributed by atoms with Gasteiger partial charge in [0.25, 0.3) is 14.5 Å². The topological polar surface area (TPSA) is 71.5 Å². The molecule has 1 aromatic rings. The van der Waals surface area contributed by atoms with E-state index in [1.54, 1.807) is 10.7 Å². The molecule has 2 heterocycles. The summed E-state index contributed by atoms with van der Waals surface area (Å²) in [6, 6.07) is 1.66. The quantitative estimate of drug-likeness (QED) is 0.864. The molecule has 0 spiro atoms. The predicted octanol–water partition coefficient (Wildman–Crippen LogP) is 2.41. The summed E-state index contributed by atoms with van der Waals surface area (Å²) < 4.78 is 18.1. The van der Waals surface area contributed by atoms with Gasteiger partial charge in [-0.1, -0.05) is 6.92 Å². The average Bonchev–Trinajstić information content (AvgIpc) is 2.45. The minimum atomic E-state index is -0.278. The van der Waals surface area contributed by atoms with Crippen molar-refractivity contribution in [2.45, 2.75) is 32.7 Å². The van der Waals surface area contributed by atoms with Crippen molar-refractivity contribution in [1.82, 2.24) is 10.3 Å².